The molecule has 0 saturated heterocycles. The molecule has 0 aliphatic rings. The van der Waals surface area contributed by atoms with Crippen LogP contribution in [0, 0.1) is 12.8 Å². The normalized spacial score (nSPS) is 12.4. The number of amides is 1. The molecule has 1 aromatic rings. The minimum absolute atomic E-state index is 0.00275. The van der Waals surface area contributed by atoms with Crippen molar-refractivity contribution in [2.24, 2.45) is 11.7 Å². The van der Waals surface area contributed by atoms with Crippen LogP contribution >= 0.6 is 0 Å². The van der Waals surface area contributed by atoms with E-state index >= 15 is 0 Å². The third-order valence-electron chi connectivity index (χ3n) is 2.50. The molecule has 1 unspecified atom stereocenters. The molecule has 0 bridgehead atoms. The summed E-state index contributed by atoms with van der Waals surface area (Å²) in [6, 6.07) is 0. The van der Waals surface area contributed by atoms with E-state index in [2.05, 4.69) is 15.5 Å². The number of hydrogen-bond donors (Lipinski definition) is 2. The molecule has 6 heteroatoms. The molecular formula is C11H20N4O2. The molecule has 0 saturated carbocycles. The molecule has 96 valence electrons. The first-order valence-electron chi connectivity index (χ1n) is 5.90. The Morgan fingerprint density at radius 2 is 2.35 bits per heavy atom. The molecule has 1 aromatic heterocycles. The predicted octanol–water partition coefficient (Wildman–Crippen LogP) is 0.412. The van der Waals surface area contributed by atoms with Crippen LogP contribution in [-0.4, -0.2) is 29.1 Å². The van der Waals surface area contributed by atoms with Gasteiger partial charge in [-0.25, -0.2) is 0 Å². The van der Waals surface area contributed by atoms with Gasteiger partial charge in [0.25, 0.3) is 0 Å². The second kappa shape index (κ2) is 7.01. The van der Waals surface area contributed by atoms with E-state index in [1.807, 2.05) is 6.92 Å². The summed E-state index contributed by atoms with van der Waals surface area (Å²) < 4.78 is 4.94. The number of nitrogens with zero attached hydrogens (tertiary/aromatic N) is 2. The zero-order valence-corrected chi connectivity index (χ0v) is 10.4. The lowest BCUT2D eigenvalue weighted by atomic mass is 10.1. The average Bonchev–Trinajstić information content (AvgIpc) is 2.71. The van der Waals surface area contributed by atoms with Crippen LogP contribution in [-0.2, 0) is 11.2 Å². The Hall–Kier alpha value is -1.43. The number of aromatic nitrogens is 2. The maximum absolute atomic E-state index is 11.6. The average molecular weight is 240 g/mol. The molecule has 0 spiro atoms. The molecule has 0 radical (unpaired) electrons. The standard InChI is InChI=1S/C11H20N4O2/c1-8(4-3-6-12)11(16)13-7-5-10-14-9(2)15-17-10/h8H,3-7,12H2,1-2H3,(H,13,16). The first kappa shape index (κ1) is 13.6. The van der Waals surface area contributed by atoms with E-state index in [0.717, 1.165) is 12.8 Å². The fourth-order valence-electron chi connectivity index (χ4n) is 1.46. The molecular weight excluding hydrogens is 220 g/mol. The lowest BCUT2D eigenvalue weighted by Crippen LogP contribution is -2.31. The fourth-order valence-corrected chi connectivity index (χ4v) is 1.46. The fraction of sp³-hybridized carbons (Fsp3) is 0.727. The highest BCUT2D eigenvalue weighted by atomic mass is 16.5. The summed E-state index contributed by atoms with van der Waals surface area (Å²) in [5.41, 5.74) is 5.40. The van der Waals surface area contributed by atoms with Crippen LogP contribution in [0.2, 0.25) is 0 Å². The van der Waals surface area contributed by atoms with Gasteiger partial charge in [0.1, 0.15) is 0 Å². The van der Waals surface area contributed by atoms with Crippen LogP contribution in [0.1, 0.15) is 31.5 Å². The third-order valence-corrected chi connectivity index (χ3v) is 2.50. The van der Waals surface area contributed by atoms with Crippen molar-refractivity contribution in [1.29, 1.82) is 0 Å². The Labute approximate surface area is 101 Å². The second-order valence-electron chi connectivity index (χ2n) is 4.11. The molecule has 1 rings (SSSR count). The topological polar surface area (TPSA) is 94.0 Å². The van der Waals surface area contributed by atoms with E-state index in [1.165, 1.54) is 0 Å². The van der Waals surface area contributed by atoms with E-state index in [1.54, 1.807) is 6.92 Å². The van der Waals surface area contributed by atoms with Gasteiger partial charge in [0.15, 0.2) is 5.82 Å². The van der Waals surface area contributed by atoms with Crippen molar-refractivity contribution in [3.05, 3.63) is 11.7 Å². The molecule has 1 atom stereocenters. The minimum atomic E-state index is 0.00275. The molecule has 3 N–H and O–H groups in total. The molecule has 0 aromatic carbocycles. The van der Waals surface area contributed by atoms with Crippen LogP contribution in [0.3, 0.4) is 0 Å². The van der Waals surface area contributed by atoms with Crippen molar-refractivity contribution in [2.75, 3.05) is 13.1 Å². The number of rotatable bonds is 7. The van der Waals surface area contributed by atoms with Crippen molar-refractivity contribution in [3.63, 3.8) is 0 Å². The van der Waals surface area contributed by atoms with Gasteiger partial charge >= 0.3 is 0 Å². The van der Waals surface area contributed by atoms with Crippen molar-refractivity contribution >= 4 is 5.91 Å². The van der Waals surface area contributed by atoms with Crippen LogP contribution in [0.4, 0.5) is 0 Å². The first-order valence-corrected chi connectivity index (χ1v) is 5.90. The van der Waals surface area contributed by atoms with E-state index in [4.69, 9.17) is 10.3 Å². The quantitative estimate of drug-likeness (QED) is 0.720. The predicted molar refractivity (Wildman–Crippen MR) is 63.2 cm³/mol. The Morgan fingerprint density at radius 1 is 1.59 bits per heavy atom. The third kappa shape index (κ3) is 4.95. The summed E-state index contributed by atoms with van der Waals surface area (Å²) in [6.07, 6.45) is 2.26. The van der Waals surface area contributed by atoms with Gasteiger partial charge in [-0.3, -0.25) is 4.79 Å². The van der Waals surface area contributed by atoms with Gasteiger partial charge in [0.05, 0.1) is 0 Å². The van der Waals surface area contributed by atoms with Crippen molar-refractivity contribution in [3.8, 4) is 0 Å². The molecule has 6 nitrogen and oxygen atoms in total. The van der Waals surface area contributed by atoms with Crippen molar-refractivity contribution in [2.45, 2.75) is 33.1 Å². The van der Waals surface area contributed by atoms with Gasteiger partial charge in [0.2, 0.25) is 11.8 Å². The van der Waals surface area contributed by atoms with E-state index in [9.17, 15) is 4.79 Å². The van der Waals surface area contributed by atoms with Crippen LogP contribution in [0.5, 0.6) is 0 Å². The van der Waals surface area contributed by atoms with Crippen LogP contribution in [0.15, 0.2) is 4.52 Å². The highest BCUT2D eigenvalue weighted by molar-refractivity contribution is 5.78. The van der Waals surface area contributed by atoms with Crippen molar-refractivity contribution < 1.29 is 9.32 Å². The summed E-state index contributed by atoms with van der Waals surface area (Å²) in [6.45, 7) is 4.81. The largest absolute Gasteiger partial charge is 0.355 e. The van der Waals surface area contributed by atoms with E-state index in [0.29, 0.717) is 31.2 Å². The smallest absolute Gasteiger partial charge is 0.228 e. The molecule has 0 fully saturated rings. The zero-order valence-electron chi connectivity index (χ0n) is 10.4. The van der Waals surface area contributed by atoms with Gasteiger partial charge in [0, 0.05) is 18.9 Å². The van der Waals surface area contributed by atoms with Crippen molar-refractivity contribution in [1.82, 2.24) is 15.5 Å². The number of carbonyl (C=O) groups excluding carboxylic acids is 1. The Kier molecular flexibility index (Phi) is 5.62. The highest BCUT2D eigenvalue weighted by Crippen LogP contribution is 2.04. The number of aryl methyl sites for hydroxylation is 1. The van der Waals surface area contributed by atoms with Gasteiger partial charge < -0.3 is 15.6 Å². The number of nitrogens with one attached hydrogen (secondary N) is 1. The van der Waals surface area contributed by atoms with Gasteiger partial charge in [-0.1, -0.05) is 12.1 Å². The lowest BCUT2D eigenvalue weighted by molar-refractivity contribution is -0.124. The summed E-state index contributed by atoms with van der Waals surface area (Å²) in [5.74, 6) is 1.22. The Bertz CT molecular complexity index is 351. The maximum atomic E-state index is 11.6. The number of hydrogen-bond acceptors (Lipinski definition) is 5. The van der Waals surface area contributed by atoms with E-state index in [-0.39, 0.29) is 11.8 Å². The maximum Gasteiger partial charge on any atom is 0.228 e. The Morgan fingerprint density at radius 3 is 2.94 bits per heavy atom. The second-order valence-corrected chi connectivity index (χ2v) is 4.11. The summed E-state index contributed by atoms with van der Waals surface area (Å²) >= 11 is 0. The minimum Gasteiger partial charge on any atom is -0.355 e. The van der Waals surface area contributed by atoms with Gasteiger partial charge in [-0.05, 0) is 26.3 Å². The SMILES string of the molecule is Cc1noc(CCNC(=O)C(C)CCCN)n1. The molecule has 1 amide bonds. The number of carbonyl (C=O) groups is 1. The molecule has 0 aliphatic carbocycles. The summed E-state index contributed by atoms with van der Waals surface area (Å²) in [5, 5.41) is 6.52. The van der Waals surface area contributed by atoms with Gasteiger partial charge in [-0.2, -0.15) is 4.98 Å². The monoisotopic (exact) mass is 240 g/mol. The number of nitrogens with two attached hydrogens (primary N) is 1. The first-order chi connectivity index (χ1) is 8.13. The zero-order chi connectivity index (χ0) is 12.7. The Balaban J connectivity index is 2.19. The summed E-state index contributed by atoms with van der Waals surface area (Å²) in [7, 11) is 0. The molecule has 0 aliphatic heterocycles. The highest BCUT2D eigenvalue weighted by Gasteiger charge is 2.12. The van der Waals surface area contributed by atoms with E-state index < -0.39 is 0 Å². The van der Waals surface area contributed by atoms with Gasteiger partial charge in [-0.15, -0.1) is 0 Å². The molecule has 17 heavy (non-hydrogen) atoms. The molecule has 1 heterocycles. The lowest BCUT2D eigenvalue weighted by Gasteiger charge is -2.10. The van der Waals surface area contributed by atoms with Crippen LogP contribution in [0.25, 0.3) is 0 Å². The summed E-state index contributed by atoms with van der Waals surface area (Å²) in [4.78, 5) is 15.7. The van der Waals surface area contributed by atoms with Crippen LogP contribution < -0.4 is 11.1 Å².